The number of carbonyl (C=O) groups is 1. The molecule has 4 aromatic rings. The van der Waals surface area contributed by atoms with Crippen LogP contribution in [0.15, 0.2) is 24.3 Å². The third-order valence-electron chi connectivity index (χ3n) is 11.9. The Labute approximate surface area is 344 Å². The maximum absolute atomic E-state index is 17.7. The van der Waals surface area contributed by atoms with Crippen molar-refractivity contribution in [3.63, 3.8) is 0 Å². The lowest BCUT2D eigenvalue weighted by Gasteiger charge is -2.46. The Morgan fingerprint density at radius 2 is 1.85 bits per heavy atom. The van der Waals surface area contributed by atoms with Gasteiger partial charge in [0.1, 0.15) is 40.8 Å². The SMILES string of the molecule is C#Cc1c(F)ccc2cc(OCOC)cc(-c3nc4c5c(nc(OCC67CCCN6CC(OC(F)(F)F)C7)nc5c3F)N3C[C@@H](CC)N(C(=O)OC(C)(C)C)C[C@H]3CC4)c12. The smallest absolute Gasteiger partial charge is 0.468 e. The number of terminal acetylenes is 1. The first-order valence-electron chi connectivity index (χ1n) is 20.1. The van der Waals surface area contributed by atoms with E-state index in [1.54, 1.807) is 11.0 Å². The molecule has 6 heterocycles. The largest absolute Gasteiger partial charge is 0.522 e. The summed E-state index contributed by atoms with van der Waals surface area (Å²) >= 11 is 0. The highest BCUT2D eigenvalue weighted by molar-refractivity contribution is 6.03. The van der Waals surface area contributed by atoms with Crippen LogP contribution in [0, 0.1) is 24.0 Å². The fourth-order valence-electron chi connectivity index (χ4n) is 9.38. The van der Waals surface area contributed by atoms with Crippen LogP contribution < -0.4 is 14.4 Å². The topological polar surface area (TPSA) is 112 Å². The number of amides is 1. The highest BCUT2D eigenvalue weighted by atomic mass is 19.4. The lowest BCUT2D eigenvalue weighted by molar-refractivity contribution is -0.340. The van der Waals surface area contributed by atoms with Gasteiger partial charge in [0, 0.05) is 43.7 Å². The van der Waals surface area contributed by atoms with Crippen LogP contribution in [-0.4, -0.2) is 113 Å². The zero-order valence-corrected chi connectivity index (χ0v) is 34.1. The molecule has 2 aromatic heterocycles. The molecule has 3 saturated heterocycles. The summed E-state index contributed by atoms with van der Waals surface area (Å²) in [7, 11) is 1.46. The molecule has 4 aliphatic heterocycles. The number of piperazine rings is 1. The molecule has 2 unspecified atom stereocenters. The van der Waals surface area contributed by atoms with Crippen molar-refractivity contribution in [1.29, 1.82) is 0 Å². The van der Waals surface area contributed by atoms with Gasteiger partial charge in [-0.3, -0.25) is 9.64 Å². The van der Waals surface area contributed by atoms with Crippen LogP contribution in [0.25, 0.3) is 32.9 Å². The van der Waals surface area contributed by atoms with Crippen LogP contribution in [0.1, 0.15) is 71.1 Å². The first-order chi connectivity index (χ1) is 28.5. The summed E-state index contributed by atoms with van der Waals surface area (Å²) < 4.78 is 100. The molecule has 4 aliphatic rings. The third kappa shape index (κ3) is 7.85. The van der Waals surface area contributed by atoms with Gasteiger partial charge in [0.2, 0.25) is 0 Å². The fraction of sp³-hybridized carbons (Fsp3) is 0.535. The van der Waals surface area contributed by atoms with Gasteiger partial charge in [0.05, 0.1) is 34.3 Å². The number of nitrogens with zero attached hydrogens (tertiary/aromatic N) is 6. The van der Waals surface area contributed by atoms with E-state index in [1.807, 2.05) is 37.5 Å². The number of rotatable bonds is 9. The van der Waals surface area contributed by atoms with E-state index < -0.39 is 41.3 Å². The van der Waals surface area contributed by atoms with Gasteiger partial charge in [-0.25, -0.2) is 18.6 Å². The quantitative estimate of drug-likeness (QED) is 0.0938. The minimum absolute atomic E-state index is 0.0656. The van der Waals surface area contributed by atoms with Crippen molar-refractivity contribution in [2.75, 3.05) is 51.6 Å². The Hall–Kier alpha value is -5.05. The van der Waals surface area contributed by atoms with Crippen LogP contribution in [-0.2, 0) is 20.6 Å². The molecule has 0 bridgehead atoms. The van der Waals surface area contributed by atoms with Gasteiger partial charge in [-0.2, -0.15) is 9.97 Å². The van der Waals surface area contributed by atoms with E-state index in [4.69, 9.17) is 35.3 Å². The number of halogens is 5. The number of pyridine rings is 1. The number of anilines is 1. The van der Waals surface area contributed by atoms with E-state index in [0.29, 0.717) is 66.8 Å². The second-order valence-electron chi connectivity index (χ2n) is 17.0. The highest BCUT2D eigenvalue weighted by Crippen LogP contribution is 2.45. The second kappa shape index (κ2) is 15.8. The van der Waals surface area contributed by atoms with Gasteiger partial charge < -0.3 is 28.7 Å². The van der Waals surface area contributed by atoms with Crippen molar-refractivity contribution >= 4 is 33.6 Å². The number of ether oxygens (including phenoxy) is 5. The number of aromatic nitrogens is 3. The van der Waals surface area contributed by atoms with Crippen LogP contribution in [0.5, 0.6) is 11.8 Å². The minimum Gasteiger partial charge on any atom is -0.468 e. The number of fused-ring (bicyclic) bond motifs is 4. The maximum Gasteiger partial charge on any atom is 0.522 e. The summed E-state index contributed by atoms with van der Waals surface area (Å²) in [5.74, 6) is 1.55. The molecule has 0 spiro atoms. The number of aryl methyl sites for hydroxylation is 1. The average molecular weight is 839 g/mol. The standard InChI is InChI=1S/C43H47F5N6O6/c1-7-25-19-53-26(20-54(25)40(55)60-41(3,4)5)11-13-32-34-37(50-39(51-38(34)53)57-22-42-14-9-15-52(42)21-28(18-42)59-43(46,47)48)35(45)36(49-32)30-17-27(58-23-56-6)16-24-10-12-31(44)29(8-2)33(24)30/h2,10,12,16-17,25-26,28H,7,9,11,13-15,18-23H2,1,3-6H3/t25-,26-,28?,42?/m1/s1. The maximum atomic E-state index is 17.7. The first kappa shape index (κ1) is 41.7. The van der Waals surface area contributed by atoms with Crippen molar-refractivity contribution < 1.29 is 50.4 Å². The van der Waals surface area contributed by atoms with Crippen LogP contribution >= 0.6 is 0 Å². The Morgan fingerprint density at radius 3 is 2.57 bits per heavy atom. The van der Waals surface area contributed by atoms with Gasteiger partial charge in [-0.05, 0) is 89.4 Å². The van der Waals surface area contributed by atoms with Crippen molar-refractivity contribution in [3.05, 3.63) is 47.2 Å². The van der Waals surface area contributed by atoms with E-state index in [9.17, 15) is 18.0 Å². The Bertz CT molecular complexity index is 2370. The molecule has 3 fully saturated rings. The number of hydrogen-bond donors (Lipinski definition) is 0. The summed E-state index contributed by atoms with van der Waals surface area (Å²) in [6.45, 7) is 8.48. The normalized spacial score (nSPS) is 23.1. The molecule has 8 rings (SSSR count). The van der Waals surface area contributed by atoms with Gasteiger partial charge in [0.15, 0.2) is 12.6 Å². The lowest BCUT2D eigenvalue weighted by atomic mass is 9.94. The molecule has 0 radical (unpaired) electrons. The van der Waals surface area contributed by atoms with Crippen molar-refractivity contribution in [2.24, 2.45) is 0 Å². The molecule has 12 nitrogen and oxygen atoms in total. The molecule has 0 aliphatic carbocycles. The molecular weight excluding hydrogens is 791 g/mol. The number of carbonyl (C=O) groups excluding carboxylic acids is 1. The Balaban J connectivity index is 1.28. The fourth-order valence-corrected chi connectivity index (χ4v) is 9.38. The predicted octanol–water partition coefficient (Wildman–Crippen LogP) is 7.76. The number of methoxy groups -OCH3 is 1. The zero-order valence-electron chi connectivity index (χ0n) is 34.1. The van der Waals surface area contributed by atoms with Crippen molar-refractivity contribution in [2.45, 2.75) is 102 Å². The van der Waals surface area contributed by atoms with Gasteiger partial charge in [-0.15, -0.1) is 19.6 Å². The van der Waals surface area contributed by atoms with Gasteiger partial charge in [0.25, 0.3) is 0 Å². The number of benzene rings is 2. The van der Waals surface area contributed by atoms with Gasteiger partial charge >= 0.3 is 18.5 Å². The molecule has 0 N–H and O–H groups in total. The second-order valence-corrected chi connectivity index (χ2v) is 17.0. The molecular formula is C43H47F5N6O6. The Morgan fingerprint density at radius 1 is 1.05 bits per heavy atom. The van der Waals surface area contributed by atoms with E-state index in [1.165, 1.54) is 25.3 Å². The van der Waals surface area contributed by atoms with Crippen LogP contribution in [0.4, 0.5) is 32.6 Å². The van der Waals surface area contributed by atoms with E-state index >= 15 is 8.78 Å². The summed E-state index contributed by atoms with van der Waals surface area (Å²) in [5.41, 5.74) is -1.23. The molecule has 17 heteroatoms. The summed E-state index contributed by atoms with van der Waals surface area (Å²) in [6.07, 6.45) is 2.33. The van der Waals surface area contributed by atoms with E-state index in [-0.39, 0.29) is 78.7 Å². The number of alkyl halides is 3. The highest BCUT2D eigenvalue weighted by Gasteiger charge is 2.52. The summed E-state index contributed by atoms with van der Waals surface area (Å²) in [6, 6.07) is 5.15. The molecule has 60 heavy (non-hydrogen) atoms. The lowest BCUT2D eigenvalue weighted by Crippen LogP contribution is -2.60. The average Bonchev–Trinajstić information content (AvgIpc) is 3.68. The number of hydrogen-bond acceptors (Lipinski definition) is 11. The monoisotopic (exact) mass is 838 g/mol. The van der Waals surface area contributed by atoms with Gasteiger partial charge in [-0.1, -0.05) is 18.9 Å². The van der Waals surface area contributed by atoms with E-state index in [0.717, 1.165) is 6.42 Å². The predicted molar refractivity (Wildman–Crippen MR) is 212 cm³/mol. The van der Waals surface area contributed by atoms with E-state index in [2.05, 4.69) is 15.6 Å². The van der Waals surface area contributed by atoms with Crippen molar-refractivity contribution in [3.8, 4) is 35.4 Å². The third-order valence-corrected chi connectivity index (χ3v) is 11.9. The first-order valence-corrected chi connectivity index (χ1v) is 20.1. The van der Waals surface area contributed by atoms with Crippen LogP contribution in [0.3, 0.4) is 0 Å². The van der Waals surface area contributed by atoms with Crippen LogP contribution in [0.2, 0.25) is 0 Å². The zero-order chi connectivity index (χ0) is 42.7. The minimum atomic E-state index is -4.79. The summed E-state index contributed by atoms with van der Waals surface area (Å²) in [4.78, 5) is 33.8. The molecule has 1 amide bonds. The molecule has 320 valence electrons. The molecule has 0 saturated carbocycles. The summed E-state index contributed by atoms with van der Waals surface area (Å²) in [5, 5.41) is 1.07. The molecule has 2 aromatic carbocycles. The Kier molecular flexibility index (Phi) is 11.0. The van der Waals surface area contributed by atoms with Crippen molar-refractivity contribution in [1.82, 2.24) is 24.8 Å². The molecule has 4 atom stereocenters.